The number of nitrogens with one attached hydrogen (secondary N) is 2. The molecule has 0 unspecified atom stereocenters. The molecule has 2 aromatic rings. The van der Waals surface area contributed by atoms with Gasteiger partial charge in [0.15, 0.2) is 0 Å². The number of amides is 2. The Balaban J connectivity index is 1.95. The highest BCUT2D eigenvalue weighted by molar-refractivity contribution is 5.97. The van der Waals surface area contributed by atoms with E-state index in [2.05, 4.69) is 27.1 Å². The highest BCUT2D eigenvalue weighted by Gasteiger charge is 2.39. The number of hydrogen-bond acceptors (Lipinski definition) is 7. The molecule has 0 aliphatic carbocycles. The Kier molecular flexibility index (Phi) is 7.98. The molecule has 2 aromatic heterocycles. The van der Waals surface area contributed by atoms with Crippen molar-refractivity contribution in [2.75, 3.05) is 37.1 Å². The van der Waals surface area contributed by atoms with E-state index in [0.29, 0.717) is 13.2 Å². The first-order chi connectivity index (χ1) is 16.1. The number of alkyl halides is 3. The molecule has 34 heavy (non-hydrogen) atoms. The summed E-state index contributed by atoms with van der Waals surface area (Å²) in [4.78, 5) is 30.2. The van der Waals surface area contributed by atoms with Crippen LogP contribution in [0.4, 0.5) is 29.1 Å². The topological polar surface area (TPSA) is 112 Å². The molecular formula is C21H18F4N4O5. The van der Waals surface area contributed by atoms with E-state index in [1.807, 2.05) is 0 Å². The number of aromatic nitrogens is 2. The molecule has 2 N–H and O–H groups in total. The van der Waals surface area contributed by atoms with Crippen LogP contribution >= 0.6 is 0 Å². The molecule has 1 atom stereocenters. The number of nitrogens with zero attached hydrogens (tertiary/aromatic N) is 2. The van der Waals surface area contributed by atoms with Gasteiger partial charge in [0.2, 0.25) is 11.9 Å². The van der Waals surface area contributed by atoms with Gasteiger partial charge in [0.25, 0.3) is 0 Å². The average molecular weight is 482 g/mol. The molecule has 0 bridgehead atoms. The highest BCUT2D eigenvalue weighted by Crippen LogP contribution is 2.30. The third-order valence-electron chi connectivity index (χ3n) is 4.15. The van der Waals surface area contributed by atoms with Gasteiger partial charge in [-0.3, -0.25) is 9.59 Å². The van der Waals surface area contributed by atoms with Crippen LogP contribution in [-0.2, 0) is 19.1 Å². The molecule has 13 heteroatoms. The van der Waals surface area contributed by atoms with Crippen molar-refractivity contribution in [2.45, 2.75) is 19.2 Å². The second-order valence-corrected chi connectivity index (χ2v) is 6.86. The quantitative estimate of drug-likeness (QED) is 0.382. The Morgan fingerprint density at radius 2 is 2.03 bits per heavy atom. The van der Waals surface area contributed by atoms with Crippen LogP contribution in [0.25, 0.3) is 0 Å². The standard InChI is InChI=1S/C21H18F4N4O5/c1-12(30)27-18-8-13(4-5-26-18)2-3-15-19(29-20(31)21(23,24)25)16(9-17(22)28-15)34-11-14-10-32-6-7-33-14/h4-5,8-9,14H,6-7,10-11H2,1H3,(H,29,31)(H,26,27,30)/t14-/m1/s1. The summed E-state index contributed by atoms with van der Waals surface area (Å²) in [5, 5.41) is 4.09. The predicted octanol–water partition coefficient (Wildman–Crippen LogP) is 2.27. The van der Waals surface area contributed by atoms with Crippen LogP contribution in [0.15, 0.2) is 24.4 Å². The number of carbonyl (C=O) groups is 2. The van der Waals surface area contributed by atoms with Crippen molar-refractivity contribution in [3.05, 3.63) is 41.6 Å². The van der Waals surface area contributed by atoms with E-state index >= 15 is 0 Å². The summed E-state index contributed by atoms with van der Waals surface area (Å²) in [5.41, 5.74) is -0.788. The Hall–Kier alpha value is -3.76. The number of rotatable bonds is 5. The molecule has 3 rings (SSSR count). The lowest BCUT2D eigenvalue weighted by molar-refractivity contribution is -0.167. The van der Waals surface area contributed by atoms with E-state index in [-0.39, 0.29) is 30.5 Å². The highest BCUT2D eigenvalue weighted by atomic mass is 19.4. The molecule has 0 aromatic carbocycles. The molecule has 0 saturated carbocycles. The maximum absolute atomic E-state index is 14.2. The number of anilines is 2. The van der Waals surface area contributed by atoms with Gasteiger partial charge in [-0.1, -0.05) is 5.92 Å². The van der Waals surface area contributed by atoms with Gasteiger partial charge >= 0.3 is 12.1 Å². The molecule has 1 aliphatic rings. The van der Waals surface area contributed by atoms with Gasteiger partial charge in [0.05, 0.1) is 19.8 Å². The normalized spacial score (nSPS) is 15.6. The Labute approximate surface area is 190 Å². The number of ether oxygens (including phenoxy) is 3. The summed E-state index contributed by atoms with van der Waals surface area (Å²) in [6.45, 7) is 1.93. The van der Waals surface area contributed by atoms with Crippen molar-refractivity contribution in [1.82, 2.24) is 9.97 Å². The van der Waals surface area contributed by atoms with Gasteiger partial charge in [0, 0.05) is 24.8 Å². The van der Waals surface area contributed by atoms with Crippen LogP contribution in [0.3, 0.4) is 0 Å². The Morgan fingerprint density at radius 1 is 1.24 bits per heavy atom. The van der Waals surface area contributed by atoms with Gasteiger partial charge in [-0.2, -0.15) is 17.6 Å². The predicted molar refractivity (Wildman–Crippen MR) is 109 cm³/mol. The first-order valence-electron chi connectivity index (χ1n) is 9.78. The van der Waals surface area contributed by atoms with Crippen molar-refractivity contribution in [2.24, 2.45) is 0 Å². The maximum atomic E-state index is 14.2. The number of halogens is 4. The van der Waals surface area contributed by atoms with Gasteiger partial charge in [-0.05, 0) is 18.1 Å². The molecule has 3 heterocycles. The minimum absolute atomic E-state index is 0.170. The lowest BCUT2D eigenvalue weighted by Gasteiger charge is -2.23. The molecule has 2 amide bonds. The third-order valence-corrected chi connectivity index (χ3v) is 4.15. The molecule has 180 valence electrons. The van der Waals surface area contributed by atoms with Crippen molar-refractivity contribution in [3.63, 3.8) is 0 Å². The molecule has 0 radical (unpaired) electrons. The van der Waals surface area contributed by atoms with Gasteiger partial charge in [0.1, 0.15) is 35.7 Å². The Bertz CT molecular complexity index is 1120. The summed E-state index contributed by atoms with van der Waals surface area (Å²) in [5.74, 6) is 0.973. The van der Waals surface area contributed by atoms with Gasteiger partial charge in [-0.25, -0.2) is 9.97 Å². The summed E-state index contributed by atoms with van der Waals surface area (Å²) < 4.78 is 68.9. The molecule has 1 aliphatic heterocycles. The SMILES string of the molecule is CC(=O)Nc1cc(C#Cc2nc(F)cc(OC[C@H]3COCCO3)c2NC(=O)C(F)(F)F)ccn1. The summed E-state index contributed by atoms with van der Waals surface area (Å²) in [7, 11) is 0. The summed E-state index contributed by atoms with van der Waals surface area (Å²) >= 11 is 0. The molecule has 0 spiro atoms. The fraction of sp³-hybridized carbons (Fsp3) is 0.333. The minimum atomic E-state index is -5.23. The van der Waals surface area contributed by atoms with E-state index in [1.165, 1.54) is 25.3 Å². The van der Waals surface area contributed by atoms with E-state index < -0.39 is 41.3 Å². The maximum Gasteiger partial charge on any atom is 0.471 e. The zero-order valence-corrected chi connectivity index (χ0v) is 17.7. The van der Waals surface area contributed by atoms with E-state index in [0.717, 1.165) is 6.07 Å². The smallest absolute Gasteiger partial charge is 0.471 e. The van der Waals surface area contributed by atoms with Crippen molar-refractivity contribution >= 4 is 23.3 Å². The lowest BCUT2D eigenvalue weighted by Crippen LogP contribution is -2.34. The van der Waals surface area contributed by atoms with Crippen LogP contribution in [-0.4, -0.2) is 60.5 Å². The fourth-order valence-corrected chi connectivity index (χ4v) is 2.71. The van der Waals surface area contributed by atoms with Crippen molar-refractivity contribution < 1.29 is 41.4 Å². The monoisotopic (exact) mass is 482 g/mol. The zero-order valence-electron chi connectivity index (χ0n) is 17.7. The number of hydrogen-bond donors (Lipinski definition) is 2. The van der Waals surface area contributed by atoms with E-state index in [1.54, 1.807) is 5.32 Å². The van der Waals surface area contributed by atoms with Gasteiger partial charge < -0.3 is 24.8 Å². The Morgan fingerprint density at radius 3 is 2.71 bits per heavy atom. The van der Waals surface area contributed by atoms with Crippen LogP contribution in [0, 0.1) is 17.8 Å². The molecule has 1 fully saturated rings. The van der Waals surface area contributed by atoms with Crippen LogP contribution in [0.1, 0.15) is 18.2 Å². The molecule has 1 saturated heterocycles. The zero-order chi connectivity index (χ0) is 24.7. The number of carbonyl (C=O) groups excluding carboxylic acids is 2. The summed E-state index contributed by atoms with van der Waals surface area (Å²) in [6.07, 6.45) is -4.44. The number of pyridine rings is 2. The summed E-state index contributed by atoms with van der Waals surface area (Å²) in [6, 6.07) is 3.56. The first-order valence-corrected chi connectivity index (χ1v) is 9.78. The third kappa shape index (κ3) is 7.12. The fourth-order valence-electron chi connectivity index (χ4n) is 2.71. The molecule has 9 nitrogen and oxygen atoms in total. The van der Waals surface area contributed by atoms with Crippen molar-refractivity contribution in [1.29, 1.82) is 0 Å². The molecular weight excluding hydrogens is 464 g/mol. The minimum Gasteiger partial charge on any atom is -0.488 e. The second-order valence-electron chi connectivity index (χ2n) is 6.86. The average Bonchev–Trinajstić information content (AvgIpc) is 2.77. The first kappa shape index (κ1) is 24.9. The lowest BCUT2D eigenvalue weighted by atomic mass is 10.2. The van der Waals surface area contributed by atoms with E-state index in [9.17, 15) is 27.2 Å². The van der Waals surface area contributed by atoms with Crippen LogP contribution in [0.2, 0.25) is 0 Å². The van der Waals surface area contributed by atoms with Crippen LogP contribution < -0.4 is 15.4 Å². The second kappa shape index (κ2) is 10.9. The van der Waals surface area contributed by atoms with Gasteiger partial charge in [-0.15, -0.1) is 0 Å². The van der Waals surface area contributed by atoms with Crippen molar-refractivity contribution in [3.8, 4) is 17.6 Å². The largest absolute Gasteiger partial charge is 0.488 e. The van der Waals surface area contributed by atoms with Crippen LogP contribution in [0.5, 0.6) is 5.75 Å². The van der Waals surface area contributed by atoms with E-state index in [4.69, 9.17) is 14.2 Å².